The van der Waals surface area contributed by atoms with E-state index in [1.807, 2.05) is 26.0 Å². The number of anilines is 1. The maximum atomic E-state index is 13.1. The van der Waals surface area contributed by atoms with Crippen molar-refractivity contribution in [2.45, 2.75) is 25.7 Å². The maximum Gasteiger partial charge on any atom is 0.314 e. The Hall–Kier alpha value is -3.72. The Kier molecular flexibility index (Phi) is 4.98. The quantitative estimate of drug-likeness (QED) is 0.424. The lowest BCUT2D eigenvalue weighted by Gasteiger charge is -2.15. The van der Waals surface area contributed by atoms with Gasteiger partial charge in [0.2, 0.25) is 0 Å². The molecule has 0 aliphatic rings. The molecule has 2 heterocycles. The van der Waals surface area contributed by atoms with Crippen LogP contribution >= 0.6 is 0 Å². The van der Waals surface area contributed by atoms with Gasteiger partial charge in [-0.2, -0.15) is 0 Å². The van der Waals surface area contributed by atoms with Crippen LogP contribution in [0.5, 0.6) is 0 Å². The van der Waals surface area contributed by atoms with E-state index in [-0.39, 0.29) is 10.4 Å². The number of sulfonamides is 1. The standard InChI is InChI=1S/C22H20N4O4S/c1-12-10-17-18(25-22(28)21(27)24-17)11-19(12)31(29,30)26-16-8-13(2)20(14(3)9-16)15-4-6-23-7-5-15/h4-11,26H,1-3H3,(H,24,27)(H,25,28). The van der Waals surface area contributed by atoms with Gasteiger partial charge in [0.05, 0.1) is 15.9 Å². The monoisotopic (exact) mass is 436 g/mol. The predicted molar refractivity (Wildman–Crippen MR) is 120 cm³/mol. The molecule has 0 saturated carbocycles. The maximum absolute atomic E-state index is 13.1. The first-order valence-corrected chi connectivity index (χ1v) is 11.0. The summed E-state index contributed by atoms with van der Waals surface area (Å²) < 4.78 is 28.8. The van der Waals surface area contributed by atoms with Crippen molar-refractivity contribution in [3.8, 4) is 11.1 Å². The fraction of sp³-hybridized carbons (Fsp3) is 0.136. The highest BCUT2D eigenvalue weighted by Crippen LogP contribution is 2.31. The molecule has 0 fully saturated rings. The predicted octanol–water partition coefficient (Wildman–Crippen LogP) is 3.00. The zero-order valence-corrected chi connectivity index (χ0v) is 17.9. The van der Waals surface area contributed by atoms with E-state index < -0.39 is 21.1 Å². The van der Waals surface area contributed by atoms with Crippen molar-refractivity contribution in [1.82, 2.24) is 15.0 Å². The highest BCUT2D eigenvalue weighted by molar-refractivity contribution is 7.92. The van der Waals surface area contributed by atoms with E-state index in [1.165, 1.54) is 12.1 Å². The number of nitrogens with one attached hydrogen (secondary N) is 3. The van der Waals surface area contributed by atoms with E-state index in [1.54, 1.807) is 31.5 Å². The molecule has 0 amide bonds. The van der Waals surface area contributed by atoms with Crippen molar-refractivity contribution in [2.24, 2.45) is 0 Å². The summed E-state index contributed by atoms with van der Waals surface area (Å²) in [6.45, 7) is 5.46. The third-order valence-electron chi connectivity index (χ3n) is 5.06. The molecule has 0 saturated heterocycles. The van der Waals surface area contributed by atoms with Crippen LogP contribution in [0.1, 0.15) is 16.7 Å². The van der Waals surface area contributed by atoms with Crippen molar-refractivity contribution in [3.63, 3.8) is 0 Å². The summed E-state index contributed by atoms with van der Waals surface area (Å²) >= 11 is 0. The highest BCUT2D eigenvalue weighted by Gasteiger charge is 2.20. The minimum absolute atomic E-state index is 0.0104. The molecule has 0 aliphatic carbocycles. The van der Waals surface area contributed by atoms with Crippen molar-refractivity contribution < 1.29 is 8.42 Å². The zero-order chi connectivity index (χ0) is 22.3. The van der Waals surface area contributed by atoms with Gasteiger partial charge >= 0.3 is 11.1 Å². The molecular weight excluding hydrogens is 416 g/mol. The Bertz CT molecular complexity index is 1510. The molecule has 158 valence electrons. The van der Waals surface area contributed by atoms with Crippen LogP contribution in [0.3, 0.4) is 0 Å². The summed E-state index contributed by atoms with van der Waals surface area (Å²) in [7, 11) is -3.94. The van der Waals surface area contributed by atoms with Crippen molar-refractivity contribution in [1.29, 1.82) is 0 Å². The molecule has 0 bridgehead atoms. The van der Waals surface area contributed by atoms with E-state index in [4.69, 9.17) is 0 Å². The lowest BCUT2D eigenvalue weighted by atomic mass is 9.96. The van der Waals surface area contributed by atoms with Crippen molar-refractivity contribution in [2.75, 3.05) is 4.72 Å². The van der Waals surface area contributed by atoms with Gasteiger partial charge in [0.15, 0.2) is 0 Å². The van der Waals surface area contributed by atoms with Crippen LogP contribution in [0.15, 0.2) is 63.3 Å². The number of H-pyrrole nitrogens is 2. The van der Waals surface area contributed by atoms with Gasteiger partial charge < -0.3 is 9.97 Å². The van der Waals surface area contributed by atoms with E-state index >= 15 is 0 Å². The molecule has 0 radical (unpaired) electrons. The number of aromatic nitrogens is 3. The molecule has 2 aromatic carbocycles. The first-order valence-electron chi connectivity index (χ1n) is 9.47. The second-order valence-corrected chi connectivity index (χ2v) is 9.05. The van der Waals surface area contributed by atoms with E-state index in [9.17, 15) is 18.0 Å². The molecule has 0 spiro atoms. The summed E-state index contributed by atoms with van der Waals surface area (Å²) in [5.41, 5.74) is 3.68. The van der Waals surface area contributed by atoms with Crippen molar-refractivity contribution in [3.05, 3.63) is 86.2 Å². The normalized spacial score (nSPS) is 11.6. The number of aryl methyl sites for hydroxylation is 3. The van der Waals surface area contributed by atoms with Crippen LogP contribution in [0.4, 0.5) is 5.69 Å². The average Bonchev–Trinajstić information content (AvgIpc) is 2.68. The highest BCUT2D eigenvalue weighted by atomic mass is 32.2. The third-order valence-corrected chi connectivity index (χ3v) is 6.58. The molecule has 4 rings (SSSR count). The van der Waals surface area contributed by atoms with Gasteiger partial charge in [0.25, 0.3) is 10.0 Å². The number of hydrogen-bond acceptors (Lipinski definition) is 5. The number of rotatable bonds is 4. The third kappa shape index (κ3) is 3.87. The molecule has 3 N–H and O–H groups in total. The Balaban J connectivity index is 1.76. The van der Waals surface area contributed by atoms with E-state index in [0.717, 1.165) is 22.3 Å². The summed E-state index contributed by atoms with van der Waals surface area (Å²) in [6, 6.07) is 10.2. The fourth-order valence-electron chi connectivity index (χ4n) is 3.75. The first-order chi connectivity index (χ1) is 14.7. The summed E-state index contributed by atoms with van der Waals surface area (Å²) in [4.78, 5) is 32.1. The van der Waals surface area contributed by atoms with E-state index in [2.05, 4.69) is 19.7 Å². The number of nitrogens with zero attached hydrogens (tertiary/aromatic N) is 1. The molecule has 2 aromatic heterocycles. The summed E-state index contributed by atoms with van der Waals surface area (Å²) in [5.74, 6) is 0. The minimum Gasteiger partial charge on any atom is -0.316 e. The van der Waals surface area contributed by atoms with Crippen LogP contribution in [0.25, 0.3) is 22.2 Å². The molecule has 0 unspecified atom stereocenters. The van der Waals surface area contributed by atoms with Crippen molar-refractivity contribution >= 4 is 26.7 Å². The minimum atomic E-state index is -3.94. The summed E-state index contributed by atoms with van der Waals surface area (Å²) in [6.07, 6.45) is 3.43. The average molecular weight is 436 g/mol. The van der Waals surface area contributed by atoms with Gasteiger partial charge in [-0.3, -0.25) is 19.3 Å². The van der Waals surface area contributed by atoms with Gasteiger partial charge in [-0.15, -0.1) is 0 Å². The Morgan fingerprint density at radius 1 is 0.806 bits per heavy atom. The van der Waals surface area contributed by atoms with Gasteiger partial charge in [0.1, 0.15) is 0 Å². The van der Waals surface area contributed by atoms with Crippen LogP contribution in [-0.2, 0) is 10.0 Å². The lowest BCUT2D eigenvalue weighted by Crippen LogP contribution is -2.29. The Morgan fingerprint density at radius 2 is 1.35 bits per heavy atom. The molecule has 4 aromatic rings. The van der Waals surface area contributed by atoms with Crippen LogP contribution in [0.2, 0.25) is 0 Å². The number of benzene rings is 2. The second kappa shape index (κ2) is 7.51. The molecule has 0 atom stereocenters. The zero-order valence-electron chi connectivity index (χ0n) is 17.1. The van der Waals surface area contributed by atoms with Crippen LogP contribution in [-0.4, -0.2) is 23.4 Å². The largest absolute Gasteiger partial charge is 0.316 e. The molecule has 31 heavy (non-hydrogen) atoms. The second-order valence-electron chi connectivity index (χ2n) is 7.40. The van der Waals surface area contributed by atoms with E-state index in [0.29, 0.717) is 16.8 Å². The molecule has 9 heteroatoms. The Morgan fingerprint density at radius 3 is 1.94 bits per heavy atom. The number of fused-ring (bicyclic) bond motifs is 1. The first kappa shape index (κ1) is 20.5. The Labute approximate surface area is 178 Å². The smallest absolute Gasteiger partial charge is 0.314 e. The molecule has 0 aliphatic heterocycles. The topological polar surface area (TPSA) is 125 Å². The number of hydrogen-bond donors (Lipinski definition) is 3. The SMILES string of the molecule is Cc1cc2[nH]c(=O)c(=O)[nH]c2cc1S(=O)(=O)Nc1cc(C)c(-c2ccncc2)c(C)c1. The van der Waals surface area contributed by atoms with Gasteiger partial charge in [-0.1, -0.05) is 0 Å². The molecular formula is C22H20N4O4S. The van der Waals surface area contributed by atoms with Gasteiger partial charge in [-0.25, -0.2) is 8.42 Å². The van der Waals surface area contributed by atoms with Crippen LogP contribution < -0.4 is 15.8 Å². The number of aromatic amines is 2. The van der Waals surface area contributed by atoms with Gasteiger partial charge in [0, 0.05) is 18.1 Å². The fourth-order valence-corrected chi connectivity index (χ4v) is 5.04. The molecule has 8 nitrogen and oxygen atoms in total. The lowest BCUT2D eigenvalue weighted by molar-refractivity contribution is 0.600. The number of pyridine rings is 1. The van der Waals surface area contributed by atoms with Gasteiger partial charge in [-0.05, 0) is 85.0 Å². The van der Waals surface area contributed by atoms with Crippen LogP contribution in [0, 0.1) is 20.8 Å². The summed E-state index contributed by atoms with van der Waals surface area (Å²) in [5, 5.41) is 0.